The first-order chi connectivity index (χ1) is 7.72. The summed E-state index contributed by atoms with van der Waals surface area (Å²) in [4.78, 5) is 11.6. The molecule has 1 aromatic rings. The molecule has 0 aliphatic carbocycles. The quantitative estimate of drug-likeness (QED) is 0.570. The second-order valence-corrected chi connectivity index (χ2v) is 4.06. The number of methoxy groups -OCH3 is 1. The molecule has 1 aromatic carbocycles. The molecule has 1 heterocycles. The molecular formula is C12H16N2O2. The van der Waals surface area contributed by atoms with E-state index in [0.717, 1.165) is 17.8 Å². The van der Waals surface area contributed by atoms with Crippen molar-refractivity contribution in [3.63, 3.8) is 0 Å². The molecule has 1 saturated heterocycles. The number of ether oxygens (including phenoxy) is 1. The standard InChI is InChI=1S/C12H16N2O2/c1-16-12(15)11-7-14-6-10(11)8-2-4-9(13)5-3-8/h2-5,10-11,14H,6-7,13H2,1H3/t10-,11+/m0/s1. The van der Waals surface area contributed by atoms with Crippen molar-refractivity contribution in [2.24, 2.45) is 5.92 Å². The zero-order chi connectivity index (χ0) is 11.5. The fourth-order valence-electron chi connectivity index (χ4n) is 2.17. The molecule has 1 aliphatic rings. The molecule has 0 bridgehead atoms. The van der Waals surface area contributed by atoms with Crippen molar-refractivity contribution < 1.29 is 9.53 Å². The second kappa shape index (κ2) is 4.53. The number of nitrogens with two attached hydrogens (primary N) is 1. The Bertz CT molecular complexity index is 375. The zero-order valence-corrected chi connectivity index (χ0v) is 9.27. The van der Waals surface area contributed by atoms with Gasteiger partial charge in [0, 0.05) is 24.7 Å². The highest BCUT2D eigenvalue weighted by molar-refractivity contribution is 5.74. The Kier molecular flexibility index (Phi) is 3.10. The highest BCUT2D eigenvalue weighted by Crippen LogP contribution is 2.29. The summed E-state index contributed by atoms with van der Waals surface area (Å²) < 4.78 is 4.81. The topological polar surface area (TPSA) is 64.3 Å². The third-order valence-electron chi connectivity index (χ3n) is 3.08. The van der Waals surface area contributed by atoms with Gasteiger partial charge in [-0.1, -0.05) is 12.1 Å². The van der Waals surface area contributed by atoms with Crippen LogP contribution >= 0.6 is 0 Å². The maximum Gasteiger partial charge on any atom is 0.310 e. The lowest BCUT2D eigenvalue weighted by molar-refractivity contribution is -0.145. The second-order valence-electron chi connectivity index (χ2n) is 4.06. The molecule has 0 amide bonds. The van der Waals surface area contributed by atoms with Gasteiger partial charge >= 0.3 is 5.97 Å². The lowest BCUT2D eigenvalue weighted by atomic mass is 9.89. The minimum Gasteiger partial charge on any atom is -0.469 e. The molecule has 3 N–H and O–H groups in total. The van der Waals surface area contributed by atoms with Gasteiger partial charge in [-0.05, 0) is 17.7 Å². The highest BCUT2D eigenvalue weighted by Gasteiger charge is 2.34. The van der Waals surface area contributed by atoms with Gasteiger partial charge in [0.15, 0.2) is 0 Å². The average molecular weight is 220 g/mol. The number of rotatable bonds is 2. The molecule has 1 aliphatic heterocycles. The van der Waals surface area contributed by atoms with Gasteiger partial charge in [0.2, 0.25) is 0 Å². The molecule has 4 heteroatoms. The zero-order valence-electron chi connectivity index (χ0n) is 9.27. The first kappa shape index (κ1) is 11.0. The number of hydrogen-bond acceptors (Lipinski definition) is 4. The van der Waals surface area contributed by atoms with Crippen molar-refractivity contribution in [3.05, 3.63) is 29.8 Å². The molecule has 0 radical (unpaired) electrons. The van der Waals surface area contributed by atoms with E-state index in [1.54, 1.807) is 0 Å². The number of anilines is 1. The van der Waals surface area contributed by atoms with Crippen LogP contribution in [-0.2, 0) is 9.53 Å². The molecule has 0 aromatic heterocycles. The van der Waals surface area contributed by atoms with Crippen molar-refractivity contribution in [2.75, 3.05) is 25.9 Å². The van der Waals surface area contributed by atoms with Gasteiger partial charge in [-0.25, -0.2) is 0 Å². The molecule has 2 atom stereocenters. The van der Waals surface area contributed by atoms with Crippen LogP contribution in [0.25, 0.3) is 0 Å². The molecule has 86 valence electrons. The van der Waals surface area contributed by atoms with E-state index in [4.69, 9.17) is 10.5 Å². The van der Waals surface area contributed by atoms with Gasteiger partial charge in [-0.2, -0.15) is 0 Å². The van der Waals surface area contributed by atoms with Crippen molar-refractivity contribution in [1.82, 2.24) is 5.32 Å². The van der Waals surface area contributed by atoms with Gasteiger partial charge in [-0.3, -0.25) is 4.79 Å². The van der Waals surface area contributed by atoms with Crippen LogP contribution in [0.3, 0.4) is 0 Å². The lowest BCUT2D eigenvalue weighted by Crippen LogP contribution is -2.22. The number of benzene rings is 1. The Morgan fingerprint density at radius 1 is 1.38 bits per heavy atom. The summed E-state index contributed by atoms with van der Waals surface area (Å²) in [6.07, 6.45) is 0. The fraction of sp³-hybridized carbons (Fsp3) is 0.417. The van der Waals surface area contributed by atoms with Crippen LogP contribution in [0.1, 0.15) is 11.5 Å². The summed E-state index contributed by atoms with van der Waals surface area (Å²) in [7, 11) is 1.43. The number of nitrogens with one attached hydrogen (secondary N) is 1. The normalized spacial score (nSPS) is 24.3. The van der Waals surface area contributed by atoms with E-state index in [1.807, 2.05) is 24.3 Å². The fourth-order valence-corrected chi connectivity index (χ4v) is 2.17. The third kappa shape index (κ3) is 2.02. The van der Waals surface area contributed by atoms with Crippen LogP contribution < -0.4 is 11.1 Å². The largest absolute Gasteiger partial charge is 0.469 e. The van der Waals surface area contributed by atoms with Gasteiger partial charge in [0.05, 0.1) is 13.0 Å². The first-order valence-corrected chi connectivity index (χ1v) is 5.36. The van der Waals surface area contributed by atoms with Gasteiger partial charge in [-0.15, -0.1) is 0 Å². The van der Waals surface area contributed by atoms with E-state index in [0.29, 0.717) is 6.54 Å². The SMILES string of the molecule is COC(=O)[C@@H]1CNC[C@H]1c1ccc(N)cc1. The van der Waals surface area contributed by atoms with Crippen molar-refractivity contribution >= 4 is 11.7 Å². The van der Waals surface area contributed by atoms with Crippen LogP contribution in [0.15, 0.2) is 24.3 Å². The number of carbonyl (C=O) groups is 1. The first-order valence-electron chi connectivity index (χ1n) is 5.36. The Labute approximate surface area is 94.8 Å². The number of carbonyl (C=O) groups excluding carboxylic acids is 1. The molecule has 1 fully saturated rings. The molecule has 0 spiro atoms. The Morgan fingerprint density at radius 2 is 2.06 bits per heavy atom. The van der Waals surface area contributed by atoms with Crippen LogP contribution in [0.5, 0.6) is 0 Å². The molecule has 4 nitrogen and oxygen atoms in total. The number of esters is 1. The summed E-state index contributed by atoms with van der Waals surface area (Å²) in [5.74, 6) is -0.0477. The van der Waals surface area contributed by atoms with E-state index in [9.17, 15) is 4.79 Å². The molecule has 0 unspecified atom stereocenters. The molecular weight excluding hydrogens is 204 g/mol. The van der Waals surface area contributed by atoms with Crippen LogP contribution in [0.2, 0.25) is 0 Å². The van der Waals surface area contributed by atoms with Crippen molar-refractivity contribution in [2.45, 2.75) is 5.92 Å². The number of hydrogen-bond donors (Lipinski definition) is 2. The van der Waals surface area contributed by atoms with Crippen LogP contribution in [0.4, 0.5) is 5.69 Å². The highest BCUT2D eigenvalue weighted by atomic mass is 16.5. The van der Waals surface area contributed by atoms with E-state index < -0.39 is 0 Å². The minimum absolute atomic E-state index is 0.0892. The summed E-state index contributed by atoms with van der Waals surface area (Å²) in [6.45, 7) is 1.49. The average Bonchev–Trinajstić information content (AvgIpc) is 2.78. The van der Waals surface area contributed by atoms with Crippen LogP contribution in [0, 0.1) is 5.92 Å². The molecule has 2 rings (SSSR count). The smallest absolute Gasteiger partial charge is 0.310 e. The molecule has 16 heavy (non-hydrogen) atoms. The number of nitrogen functional groups attached to an aromatic ring is 1. The summed E-state index contributed by atoms with van der Waals surface area (Å²) in [6, 6.07) is 7.68. The minimum atomic E-state index is -0.146. The van der Waals surface area contributed by atoms with Gasteiger partial charge < -0.3 is 15.8 Å². The molecule has 0 saturated carbocycles. The maximum absolute atomic E-state index is 11.6. The third-order valence-corrected chi connectivity index (χ3v) is 3.08. The Morgan fingerprint density at radius 3 is 2.69 bits per heavy atom. The Balaban J connectivity index is 2.19. The lowest BCUT2D eigenvalue weighted by Gasteiger charge is -2.16. The summed E-state index contributed by atoms with van der Waals surface area (Å²) in [5.41, 5.74) is 7.51. The summed E-state index contributed by atoms with van der Waals surface area (Å²) >= 11 is 0. The predicted octanol–water partition coefficient (Wildman–Crippen LogP) is 0.745. The van der Waals surface area contributed by atoms with Gasteiger partial charge in [0.25, 0.3) is 0 Å². The predicted molar refractivity (Wildman–Crippen MR) is 62.0 cm³/mol. The Hall–Kier alpha value is -1.55. The van der Waals surface area contributed by atoms with Crippen molar-refractivity contribution in [1.29, 1.82) is 0 Å². The van der Waals surface area contributed by atoms with Crippen molar-refractivity contribution in [3.8, 4) is 0 Å². The van der Waals surface area contributed by atoms with E-state index in [1.165, 1.54) is 7.11 Å². The van der Waals surface area contributed by atoms with Gasteiger partial charge in [0.1, 0.15) is 0 Å². The monoisotopic (exact) mass is 220 g/mol. The van der Waals surface area contributed by atoms with E-state index >= 15 is 0 Å². The van der Waals surface area contributed by atoms with E-state index in [2.05, 4.69) is 5.32 Å². The maximum atomic E-state index is 11.6. The summed E-state index contributed by atoms with van der Waals surface area (Å²) in [5, 5.41) is 3.22. The van der Waals surface area contributed by atoms with Crippen LogP contribution in [-0.4, -0.2) is 26.2 Å². The van der Waals surface area contributed by atoms with E-state index in [-0.39, 0.29) is 17.8 Å².